The van der Waals surface area contributed by atoms with E-state index in [0.717, 1.165) is 19.6 Å². The lowest BCUT2D eigenvalue weighted by molar-refractivity contribution is 0.247. The quantitative estimate of drug-likeness (QED) is 0.779. The van der Waals surface area contributed by atoms with Crippen LogP contribution in [0.5, 0.6) is 0 Å². The minimum atomic E-state index is -0.0496. The van der Waals surface area contributed by atoms with Crippen molar-refractivity contribution in [2.24, 2.45) is 5.73 Å². The molecule has 78 valence electrons. The first-order valence-corrected chi connectivity index (χ1v) is 4.01. The molecule has 0 radical (unpaired) electrons. The van der Waals surface area contributed by atoms with Crippen LogP contribution in [0.3, 0.4) is 0 Å². The van der Waals surface area contributed by atoms with Crippen LogP contribution < -0.4 is 5.73 Å². The molecule has 0 amide bonds. The molecular weight excluding hydrogens is 195 g/mol. The number of rotatable bonds is 4. The molecule has 0 aromatic rings. The Morgan fingerprint density at radius 3 is 1.50 bits per heavy atom. The van der Waals surface area contributed by atoms with Gasteiger partial charge in [0.05, 0.1) is 0 Å². The van der Waals surface area contributed by atoms with E-state index in [1.165, 1.54) is 0 Å². The van der Waals surface area contributed by atoms with Crippen molar-refractivity contribution in [1.82, 2.24) is 4.90 Å². The van der Waals surface area contributed by atoms with E-state index in [0.29, 0.717) is 0 Å². The van der Waals surface area contributed by atoms with Crippen molar-refractivity contribution in [1.29, 1.82) is 0 Å². The molecule has 0 fully saturated rings. The number of nitrogens with zero attached hydrogens (tertiary/aromatic N) is 1. The van der Waals surface area contributed by atoms with Gasteiger partial charge in [0.2, 0.25) is 0 Å². The largest absolute Gasteiger partial charge is 0.324 e. The number of hydrogen-bond donors (Lipinski definition) is 1. The molecule has 0 aliphatic heterocycles. The van der Waals surface area contributed by atoms with Gasteiger partial charge in [-0.05, 0) is 26.9 Å². The van der Waals surface area contributed by atoms with Crippen LogP contribution in [0.2, 0.25) is 0 Å². The van der Waals surface area contributed by atoms with Crippen molar-refractivity contribution >= 4 is 24.8 Å². The van der Waals surface area contributed by atoms with E-state index in [9.17, 15) is 0 Å². The van der Waals surface area contributed by atoms with Crippen LogP contribution in [-0.2, 0) is 0 Å². The van der Waals surface area contributed by atoms with Gasteiger partial charge in [0.1, 0.15) is 0 Å². The monoisotopic (exact) mass is 216 g/mol. The first kappa shape index (κ1) is 18.3. The molecule has 0 saturated heterocycles. The summed E-state index contributed by atoms with van der Waals surface area (Å²) in [5.74, 6) is 0. The molecule has 0 aromatic heterocycles. The Balaban J connectivity index is -0.000000405. The zero-order chi connectivity index (χ0) is 8.20. The van der Waals surface area contributed by atoms with Crippen LogP contribution in [0.1, 0.15) is 27.7 Å². The molecule has 2 N–H and O–H groups in total. The molecule has 0 atom stereocenters. The van der Waals surface area contributed by atoms with Gasteiger partial charge in [0, 0.05) is 12.1 Å². The predicted octanol–water partition coefficient (Wildman–Crippen LogP) is 1.91. The molecule has 0 heterocycles. The van der Waals surface area contributed by atoms with Crippen molar-refractivity contribution in [3.63, 3.8) is 0 Å². The van der Waals surface area contributed by atoms with Crippen molar-refractivity contribution in [3.05, 3.63) is 0 Å². The molecular formula is C8H22Cl2N2. The van der Waals surface area contributed by atoms with Crippen LogP contribution >= 0.6 is 24.8 Å². The van der Waals surface area contributed by atoms with Gasteiger partial charge in [-0.15, -0.1) is 24.8 Å². The van der Waals surface area contributed by atoms with Crippen LogP contribution in [0.4, 0.5) is 0 Å². The normalized spacial score (nSPS) is 10.5. The minimum absolute atomic E-state index is 0. The summed E-state index contributed by atoms with van der Waals surface area (Å²) in [5.41, 5.74) is 5.80. The lowest BCUT2D eigenvalue weighted by Crippen LogP contribution is -2.45. The van der Waals surface area contributed by atoms with Crippen LogP contribution in [-0.4, -0.2) is 30.1 Å². The second-order valence-electron chi connectivity index (χ2n) is 3.45. The van der Waals surface area contributed by atoms with E-state index >= 15 is 0 Å². The van der Waals surface area contributed by atoms with Crippen LogP contribution in [0, 0.1) is 0 Å². The number of likely N-dealkylation sites (N-methyl/N-ethyl adjacent to an activating group) is 1. The van der Waals surface area contributed by atoms with Gasteiger partial charge in [-0.2, -0.15) is 0 Å². The standard InChI is InChI=1S/C8H20N2.2ClH/c1-5-10(6-2)7-8(3,4)9;;/h5-7,9H2,1-4H3;2*1H. The molecule has 0 unspecified atom stereocenters. The number of halogens is 2. The molecule has 4 heteroatoms. The molecule has 0 aliphatic rings. The first-order valence-electron chi connectivity index (χ1n) is 4.01. The van der Waals surface area contributed by atoms with Crippen LogP contribution in [0.25, 0.3) is 0 Å². The van der Waals surface area contributed by atoms with Gasteiger partial charge in [0.25, 0.3) is 0 Å². The lowest BCUT2D eigenvalue weighted by Gasteiger charge is -2.27. The Morgan fingerprint density at radius 2 is 1.42 bits per heavy atom. The Labute approximate surface area is 88.7 Å². The number of hydrogen-bond acceptors (Lipinski definition) is 2. The fourth-order valence-electron chi connectivity index (χ4n) is 1.02. The summed E-state index contributed by atoms with van der Waals surface area (Å²) in [7, 11) is 0. The molecule has 0 rings (SSSR count). The predicted molar refractivity (Wildman–Crippen MR) is 60.6 cm³/mol. The van der Waals surface area contributed by atoms with Crippen molar-refractivity contribution in [2.45, 2.75) is 33.2 Å². The topological polar surface area (TPSA) is 29.3 Å². The maximum absolute atomic E-state index is 5.85. The van der Waals surface area contributed by atoms with E-state index < -0.39 is 0 Å². The molecule has 2 nitrogen and oxygen atoms in total. The summed E-state index contributed by atoms with van der Waals surface area (Å²) >= 11 is 0. The van der Waals surface area contributed by atoms with Crippen molar-refractivity contribution in [3.8, 4) is 0 Å². The Bertz CT molecular complexity index is 87.5. The second kappa shape index (κ2) is 8.11. The van der Waals surface area contributed by atoms with Gasteiger partial charge >= 0.3 is 0 Å². The van der Waals surface area contributed by atoms with E-state index in [4.69, 9.17) is 5.73 Å². The van der Waals surface area contributed by atoms with Gasteiger partial charge in [-0.1, -0.05) is 13.8 Å². The Kier molecular flexibility index (Phi) is 12.4. The highest BCUT2D eigenvalue weighted by molar-refractivity contribution is 5.85. The van der Waals surface area contributed by atoms with E-state index in [-0.39, 0.29) is 30.4 Å². The third-order valence-corrected chi connectivity index (χ3v) is 1.53. The SMILES string of the molecule is CCN(CC)CC(C)(C)N.Cl.Cl. The maximum atomic E-state index is 5.85. The zero-order valence-corrected chi connectivity index (χ0v) is 10.1. The zero-order valence-electron chi connectivity index (χ0n) is 8.46. The molecule has 0 spiro atoms. The Hall–Kier alpha value is 0.500. The van der Waals surface area contributed by atoms with Crippen molar-refractivity contribution < 1.29 is 0 Å². The highest BCUT2D eigenvalue weighted by atomic mass is 35.5. The lowest BCUT2D eigenvalue weighted by atomic mass is 10.1. The summed E-state index contributed by atoms with van der Waals surface area (Å²) in [6.45, 7) is 11.6. The Morgan fingerprint density at radius 1 is 1.08 bits per heavy atom. The smallest absolute Gasteiger partial charge is 0.0226 e. The summed E-state index contributed by atoms with van der Waals surface area (Å²) < 4.78 is 0. The minimum Gasteiger partial charge on any atom is -0.324 e. The van der Waals surface area contributed by atoms with Gasteiger partial charge < -0.3 is 10.6 Å². The highest BCUT2D eigenvalue weighted by Crippen LogP contribution is 2.00. The third-order valence-electron chi connectivity index (χ3n) is 1.53. The van der Waals surface area contributed by atoms with Crippen molar-refractivity contribution in [2.75, 3.05) is 19.6 Å². The number of nitrogens with two attached hydrogens (primary N) is 1. The summed E-state index contributed by atoms with van der Waals surface area (Å²) in [6.07, 6.45) is 0. The molecule has 0 bridgehead atoms. The third kappa shape index (κ3) is 10.5. The first-order chi connectivity index (χ1) is 4.49. The molecule has 0 saturated carbocycles. The fourth-order valence-corrected chi connectivity index (χ4v) is 1.02. The van der Waals surface area contributed by atoms with Crippen LogP contribution in [0.15, 0.2) is 0 Å². The summed E-state index contributed by atoms with van der Waals surface area (Å²) in [4.78, 5) is 2.33. The van der Waals surface area contributed by atoms with E-state index in [1.54, 1.807) is 0 Å². The average molecular weight is 217 g/mol. The molecule has 0 aromatic carbocycles. The van der Waals surface area contributed by atoms with E-state index in [1.807, 2.05) is 0 Å². The second-order valence-corrected chi connectivity index (χ2v) is 3.45. The van der Waals surface area contributed by atoms with Gasteiger partial charge in [0.15, 0.2) is 0 Å². The molecule has 12 heavy (non-hydrogen) atoms. The summed E-state index contributed by atoms with van der Waals surface area (Å²) in [6, 6.07) is 0. The average Bonchev–Trinajstić information content (AvgIpc) is 1.81. The highest BCUT2D eigenvalue weighted by Gasteiger charge is 2.13. The summed E-state index contributed by atoms with van der Waals surface area (Å²) in [5, 5.41) is 0. The van der Waals surface area contributed by atoms with E-state index in [2.05, 4.69) is 32.6 Å². The van der Waals surface area contributed by atoms with Gasteiger partial charge in [-0.25, -0.2) is 0 Å². The van der Waals surface area contributed by atoms with Gasteiger partial charge in [-0.3, -0.25) is 0 Å². The molecule has 0 aliphatic carbocycles. The maximum Gasteiger partial charge on any atom is 0.0226 e. The fraction of sp³-hybridized carbons (Fsp3) is 1.00.